The molecule has 1 N–H and O–H groups in total. The van der Waals surface area contributed by atoms with Crippen molar-refractivity contribution in [2.75, 3.05) is 36.8 Å². The SMILES string of the molecule is CCCc1cc(=O)[nH]c(SCC(=O)N2CCN(c3ccccc3Cl)CC2)n1. The zero-order valence-corrected chi connectivity index (χ0v) is 16.9. The van der Waals surface area contributed by atoms with Crippen LogP contribution in [0, 0.1) is 0 Å². The lowest BCUT2D eigenvalue weighted by Gasteiger charge is -2.36. The first kappa shape index (κ1) is 19.8. The van der Waals surface area contributed by atoms with Gasteiger partial charge >= 0.3 is 0 Å². The molecule has 2 aromatic rings. The van der Waals surface area contributed by atoms with Crippen LogP contribution in [0.5, 0.6) is 0 Å². The molecule has 1 saturated heterocycles. The highest BCUT2D eigenvalue weighted by Gasteiger charge is 2.22. The predicted molar refractivity (Wildman–Crippen MR) is 110 cm³/mol. The fourth-order valence-electron chi connectivity index (χ4n) is 3.06. The summed E-state index contributed by atoms with van der Waals surface area (Å²) < 4.78 is 0. The number of para-hydroxylation sites is 1. The number of carbonyl (C=O) groups excluding carboxylic acids is 1. The number of carbonyl (C=O) groups is 1. The lowest BCUT2D eigenvalue weighted by Crippen LogP contribution is -2.49. The van der Waals surface area contributed by atoms with E-state index in [0.717, 1.165) is 42.3 Å². The van der Waals surface area contributed by atoms with E-state index in [0.29, 0.717) is 18.2 Å². The number of benzene rings is 1. The van der Waals surface area contributed by atoms with Crippen LogP contribution in [-0.2, 0) is 11.2 Å². The van der Waals surface area contributed by atoms with Gasteiger partial charge in [0, 0.05) is 37.9 Å². The maximum atomic E-state index is 12.5. The van der Waals surface area contributed by atoms with E-state index in [4.69, 9.17) is 11.6 Å². The average Bonchev–Trinajstić information content (AvgIpc) is 2.66. The summed E-state index contributed by atoms with van der Waals surface area (Å²) in [6, 6.07) is 9.28. The number of thioether (sulfide) groups is 1. The van der Waals surface area contributed by atoms with Gasteiger partial charge in [-0.1, -0.05) is 48.8 Å². The summed E-state index contributed by atoms with van der Waals surface area (Å²) >= 11 is 7.54. The highest BCUT2D eigenvalue weighted by Crippen LogP contribution is 2.26. The van der Waals surface area contributed by atoms with Gasteiger partial charge in [-0.2, -0.15) is 0 Å². The molecule has 0 saturated carbocycles. The Labute approximate surface area is 167 Å². The molecule has 1 fully saturated rings. The summed E-state index contributed by atoms with van der Waals surface area (Å²) in [5, 5.41) is 1.24. The van der Waals surface area contributed by atoms with E-state index in [1.54, 1.807) is 0 Å². The Hall–Kier alpha value is -1.99. The number of halogens is 1. The smallest absolute Gasteiger partial charge is 0.251 e. The van der Waals surface area contributed by atoms with Crippen molar-refractivity contribution in [1.29, 1.82) is 0 Å². The maximum Gasteiger partial charge on any atom is 0.251 e. The van der Waals surface area contributed by atoms with Crippen molar-refractivity contribution in [1.82, 2.24) is 14.9 Å². The maximum absolute atomic E-state index is 12.5. The predicted octanol–water partition coefficient (Wildman–Crippen LogP) is 2.82. The molecule has 144 valence electrons. The molecular weight excluding hydrogens is 384 g/mol. The number of nitrogens with zero attached hydrogens (tertiary/aromatic N) is 3. The summed E-state index contributed by atoms with van der Waals surface area (Å²) in [7, 11) is 0. The third kappa shape index (κ3) is 5.26. The summed E-state index contributed by atoms with van der Waals surface area (Å²) in [6.07, 6.45) is 1.69. The number of piperazine rings is 1. The number of anilines is 1. The van der Waals surface area contributed by atoms with Crippen LogP contribution < -0.4 is 10.5 Å². The van der Waals surface area contributed by atoms with Crippen molar-refractivity contribution in [3.05, 3.63) is 51.4 Å². The highest BCUT2D eigenvalue weighted by atomic mass is 35.5. The second kappa shape index (κ2) is 9.28. The molecule has 27 heavy (non-hydrogen) atoms. The van der Waals surface area contributed by atoms with E-state index in [9.17, 15) is 9.59 Å². The summed E-state index contributed by atoms with van der Waals surface area (Å²) in [4.78, 5) is 35.4. The Kier molecular flexibility index (Phi) is 6.79. The number of hydrogen-bond acceptors (Lipinski definition) is 5. The van der Waals surface area contributed by atoms with Crippen molar-refractivity contribution in [2.45, 2.75) is 24.9 Å². The van der Waals surface area contributed by atoms with Gasteiger partial charge in [-0.3, -0.25) is 9.59 Å². The zero-order chi connectivity index (χ0) is 19.2. The highest BCUT2D eigenvalue weighted by molar-refractivity contribution is 7.99. The van der Waals surface area contributed by atoms with Crippen molar-refractivity contribution in [3.63, 3.8) is 0 Å². The van der Waals surface area contributed by atoms with Crippen molar-refractivity contribution >= 4 is 35.0 Å². The van der Waals surface area contributed by atoms with Crippen LogP contribution in [-0.4, -0.2) is 52.7 Å². The Morgan fingerprint density at radius 3 is 2.70 bits per heavy atom. The minimum absolute atomic E-state index is 0.0577. The normalized spacial score (nSPS) is 14.4. The third-order valence-corrected chi connectivity index (χ3v) is 5.61. The fourth-order valence-corrected chi connectivity index (χ4v) is 4.11. The lowest BCUT2D eigenvalue weighted by atomic mass is 10.2. The van der Waals surface area contributed by atoms with Gasteiger partial charge in [-0.15, -0.1) is 0 Å². The zero-order valence-electron chi connectivity index (χ0n) is 15.3. The number of amides is 1. The molecule has 1 aromatic heterocycles. The summed E-state index contributed by atoms with van der Waals surface area (Å²) in [6.45, 7) is 4.86. The van der Waals surface area contributed by atoms with Crippen LogP contribution in [0.2, 0.25) is 5.02 Å². The molecule has 0 unspecified atom stereocenters. The Morgan fingerprint density at radius 1 is 1.26 bits per heavy atom. The number of aromatic nitrogens is 2. The van der Waals surface area contributed by atoms with Gasteiger partial charge in [0.05, 0.1) is 16.5 Å². The molecule has 6 nitrogen and oxygen atoms in total. The van der Waals surface area contributed by atoms with E-state index in [2.05, 4.69) is 14.9 Å². The first-order valence-electron chi connectivity index (χ1n) is 9.07. The second-order valence-electron chi connectivity index (χ2n) is 6.40. The number of nitrogens with one attached hydrogen (secondary N) is 1. The quantitative estimate of drug-likeness (QED) is 0.590. The molecule has 0 aliphatic carbocycles. The van der Waals surface area contributed by atoms with Gasteiger partial charge < -0.3 is 14.8 Å². The molecule has 3 rings (SSSR count). The van der Waals surface area contributed by atoms with E-state index in [1.807, 2.05) is 36.1 Å². The largest absolute Gasteiger partial charge is 0.367 e. The Morgan fingerprint density at radius 2 is 2.00 bits per heavy atom. The standard InChI is InChI=1S/C19H23ClN4O2S/c1-2-5-14-12-17(25)22-19(21-14)27-13-18(26)24-10-8-23(9-11-24)16-7-4-3-6-15(16)20/h3-4,6-7,12H,2,5,8-11,13H2,1H3,(H,21,22,25). The Balaban J connectivity index is 1.53. The van der Waals surface area contributed by atoms with Crippen LogP contribution in [0.3, 0.4) is 0 Å². The van der Waals surface area contributed by atoms with Gasteiger partial charge in [0.2, 0.25) is 5.91 Å². The third-order valence-electron chi connectivity index (χ3n) is 4.44. The van der Waals surface area contributed by atoms with Crippen molar-refractivity contribution in [3.8, 4) is 0 Å². The van der Waals surface area contributed by atoms with Gasteiger partial charge in [0.25, 0.3) is 5.56 Å². The summed E-state index contributed by atoms with van der Waals surface area (Å²) in [5.41, 5.74) is 1.61. The molecule has 0 atom stereocenters. The molecule has 1 aromatic carbocycles. The number of hydrogen-bond donors (Lipinski definition) is 1. The molecule has 1 aliphatic rings. The molecule has 1 aliphatic heterocycles. The van der Waals surface area contributed by atoms with Crippen molar-refractivity contribution in [2.24, 2.45) is 0 Å². The summed E-state index contributed by atoms with van der Waals surface area (Å²) in [5.74, 6) is 0.326. The first-order chi connectivity index (χ1) is 13.1. The van der Waals surface area contributed by atoms with Gasteiger partial charge in [-0.25, -0.2) is 4.98 Å². The van der Waals surface area contributed by atoms with Gasteiger partial charge in [-0.05, 0) is 18.6 Å². The number of aromatic amines is 1. The number of rotatable bonds is 6. The molecule has 2 heterocycles. The van der Waals surface area contributed by atoms with Crippen LogP contribution in [0.1, 0.15) is 19.0 Å². The second-order valence-corrected chi connectivity index (χ2v) is 7.77. The molecule has 1 amide bonds. The van der Waals surface area contributed by atoms with E-state index in [-0.39, 0.29) is 17.2 Å². The minimum Gasteiger partial charge on any atom is -0.367 e. The Bertz CT molecular complexity index is 850. The van der Waals surface area contributed by atoms with Crippen LogP contribution >= 0.6 is 23.4 Å². The minimum atomic E-state index is -0.170. The van der Waals surface area contributed by atoms with E-state index >= 15 is 0 Å². The lowest BCUT2D eigenvalue weighted by molar-refractivity contribution is -0.128. The fraction of sp³-hybridized carbons (Fsp3) is 0.421. The monoisotopic (exact) mass is 406 g/mol. The van der Waals surface area contributed by atoms with Crippen LogP contribution in [0.15, 0.2) is 40.3 Å². The average molecular weight is 407 g/mol. The molecule has 0 bridgehead atoms. The number of aryl methyl sites for hydroxylation is 1. The van der Waals surface area contributed by atoms with Crippen LogP contribution in [0.25, 0.3) is 0 Å². The number of H-pyrrole nitrogens is 1. The van der Waals surface area contributed by atoms with E-state index in [1.165, 1.54) is 17.8 Å². The molecular formula is C19H23ClN4O2S. The van der Waals surface area contributed by atoms with Crippen LogP contribution in [0.4, 0.5) is 5.69 Å². The van der Waals surface area contributed by atoms with Crippen molar-refractivity contribution < 1.29 is 4.79 Å². The first-order valence-corrected chi connectivity index (χ1v) is 10.4. The topological polar surface area (TPSA) is 69.3 Å². The van der Waals surface area contributed by atoms with E-state index < -0.39 is 0 Å². The molecule has 8 heteroatoms. The van der Waals surface area contributed by atoms with Gasteiger partial charge in [0.1, 0.15) is 0 Å². The molecule has 0 radical (unpaired) electrons. The van der Waals surface area contributed by atoms with Gasteiger partial charge in [0.15, 0.2) is 5.16 Å². The molecule has 0 spiro atoms.